The Balaban J connectivity index is 2.24. The van der Waals surface area contributed by atoms with Crippen molar-refractivity contribution in [3.8, 4) is 22.3 Å². The van der Waals surface area contributed by atoms with Crippen LogP contribution in [0.1, 0.15) is 58.2 Å². The molecule has 0 N–H and O–H groups in total. The highest BCUT2D eigenvalue weighted by molar-refractivity contribution is 5.76. The molecule has 3 aromatic rings. The van der Waals surface area contributed by atoms with Crippen LogP contribution in [-0.4, -0.2) is 0 Å². The Morgan fingerprint density at radius 3 is 1.70 bits per heavy atom. The molecular weight excluding hydrogens is 324 g/mol. The summed E-state index contributed by atoms with van der Waals surface area (Å²) in [4.78, 5) is 0. The van der Waals surface area contributed by atoms with Crippen LogP contribution in [0.2, 0.25) is 0 Å². The predicted molar refractivity (Wildman–Crippen MR) is 119 cm³/mol. The van der Waals surface area contributed by atoms with E-state index in [0.29, 0.717) is 0 Å². The maximum absolute atomic E-state index is 2.38. The number of rotatable bonds is 2. The van der Waals surface area contributed by atoms with Gasteiger partial charge in [-0.3, -0.25) is 0 Å². The third-order valence-corrected chi connectivity index (χ3v) is 5.32. The zero-order valence-electron chi connectivity index (χ0n) is 17.9. The van der Waals surface area contributed by atoms with Crippen molar-refractivity contribution >= 4 is 0 Å². The van der Waals surface area contributed by atoms with E-state index in [4.69, 9.17) is 0 Å². The zero-order chi connectivity index (χ0) is 19.8. The fraction of sp³-hybridized carbons (Fsp3) is 0.333. The summed E-state index contributed by atoms with van der Waals surface area (Å²) in [5.41, 5.74) is 9.54. The fourth-order valence-corrected chi connectivity index (χ4v) is 3.41. The molecule has 0 spiro atoms. The van der Waals surface area contributed by atoms with Gasteiger partial charge in [0.05, 0.1) is 0 Å². The van der Waals surface area contributed by atoms with Crippen molar-refractivity contribution in [1.29, 1.82) is 0 Å². The first-order chi connectivity index (χ1) is 12.6. The van der Waals surface area contributed by atoms with Crippen molar-refractivity contribution < 1.29 is 0 Å². The average Bonchev–Trinajstić information content (AvgIpc) is 2.61. The minimum atomic E-state index is 0.106. The van der Waals surface area contributed by atoms with Crippen LogP contribution in [0.5, 0.6) is 0 Å². The number of hydrogen-bond donors (Lipinski definition) is 0. The lowest BCUT2D eigenvalue weighted by molar-refractivity contribution is 0.589. The van der Waals surface area contributed by atoms with Crippen LogP contribution in [0.15, 0.2) is 66.7 Å². The van der Waals surface area contributed by atoms with E-state index >= 15 is 0 Å². The van der Waals surface area contributed by atoms with Crippen molar-refractivity contribution in [3.63, 3.8) is 0 Å². The van der Waals surface area contributed by atoms with Gasteiger partial charge < -0.3 is 0 Å². The van der Waals surface area contributed by atoms with Crippen LogP contribution in [-0.2, 0) is 10.8 Å². The molecular formula is C27H32. The van der Waals surface area contributed by atoms with Crippen LogP contribution in [0.3, 0.4) is 0 Å². The van der Waals surface area contributed by atoms with Gasteiger partial charge in [0.15, 0.2) is 0 Å². The molecule has 0 atom stereocenters. The highest BCUT2D eigenvalue weighted by atomic mass is 14.2. The predicted octanol–water partition coefficient (Wildman–Crippen LogP) is 7.92. The van der Waals surface area contributed by atoms with Gasteiger partial charge in [0.2, 0.25) is 0 Å². The van der Waals surface area contributed by atoms with E-state index in [1.165, 1.54) is 38.9 Å². The summed E-state index contributed by atoms with van der Waals surface area (Å²) in [7, 11) is 0. The molecule has 3 rings (SSSR count). The van der Waals surface area contributed by atoms with Gasteiger partial charge in [0.1, 0.15) is 0 Å². The van der Waals surface area contributed by atoms with E-state index in [1.807, 2.05) is 0 Å². The molecule has 27 heavy (non-hydrogen) atoms. The smallest absolute Gasteiger partial charge is 0.0131 e. The molecule has 0 heterocycles. The largest absolute Gasteiger partial charge is 0.0622 e. The van der Waals surface area contributed by atoms with Gasteiger partial charge in [0, 0.05) is 0 Å². The van der Waals surface area contributed by atoms with E-state index < -0.39 is 0 Å². The van der Waals surface area contributed by atoms with E-state index in [2.05, 4.69) is 115 Å². The standard InChI is InChI=1S/C27H32/c1-19-13-14-23(26(2,3)4)18-25(19)22-15-21(20-11-9-8-10-12-20)16-24(17-22)27(5,6)7/h8-18H,1-7H3. The highest BCUT2D eigenvalue weighted by Gasteiger charge is 2.19. The van der Waals surface area contributed by atoms with Crippen LogP contribution in [0, 0.1) is 6.92 Å². The Hall–Kier alpha value is -2.34. The van der Waals surface area contributed by atoms with Crippen molar-refractivity contribution in [1.82, 2.24) is 0 Å². The Bertz CT molecular complexity index is 932. The summed E-state index contributed by atoms with van der Waals surface area (Å²) in [6.45, 7) is 15.9. The van der Waals surface area contributed by atoms with Crippen LogP contribution >= 0.6 is 0 Å². The normalized spacial score (nSPS) is 12.3. The van der Waals surface area contributed by atoms with Crippen molar-refractivity contribution in [2.24, 2.45) is 0 Å². The molecule has 0 aliphatic rings. The topological polar surface area (TPSA) is 0 Å². The maximum atomic E-state index is 2.38. The molecule has 0 amide bonds. The summed E-state index contributed by atoms with van der Waals surface area (Å²) < 4.78 is 0. The van der Waals surface area contributed by atoms with E-state index in [9.17, 15) is 0 Å². The molecule has 0 aliphatic carbocycles. The maximum Gasteiger partial charge on any atom is -0.0131 e. The number of benzene rings is 3. The lowest BCUT2D eigenvalue weighted by Crippen LogP contribution is -2.12. The first-order valence-electron chi connectivity index (χ1n) is 9.88. The molecule has 0 aromatic heterocycles. The summed E-state index contributed by atoms with van der Waals surface area (Å²) in [6, 6.07) is 24.7. The first kappa shape index (κ1) is 19.4. The van der Waals surface area contributed by atoms with Gasteiger partial charge in [-0.25, -0.2) is 0 Å². The zero-order valence-corrected chi connectivity index (χ0v) is 17.9. The van der Waals surface area contributed by atoms with Crippen molar-refractivity contribution in [3.05, 3.63) is 83.4 Å². The quantitative estimate of drug-likeness (QED) is 0.437. The molecule has 0 fully saturated rings. The number of aryl methyl sites for hydroxylation is 1. The second-order valence-corrected chi connectivity index (χ2v) is 9.69. The van der Waals surface area contributed by atoms with Crippen molar-refractivity contribution in [2.45, 2.75) is 59.3 Å². The molecule has 0 saturated carbocycles. The minimum Gasteiger partial charge on any atom is -0.0622 e. The minimum absolute atomic E-state index is 0.106. The SMILES string of the molecule is Cc1ccc(C(C)(C)C)cc1-c1cc(-c2ccccc2)cc(C(C)(C)C)c1. The number of hydrogen-bond acceptors (Lipinski definition) is 0. The molecule has 0 heteroatoms. The van der Waals surface area contributed by atoms with Gasteiger partial charge in [-0.1, -0.05) is 102 Å². The molecule has 0 saturated heterocycles. The van der Waals surface area contributed by atoms with Gasteiger partial charge >= 0.3 is 0 Å². The molecule has 0 radical (unpaired) electrons. The van der Waals surface area contributed by atoms with E-state index in [1.54, 1.807) is 0 Å². The summed E-state index contributed by atoms with van der Waals surface area (Å²) in [6.07, 6.45) is 0. The Morgan fingerprint density at radius 2 is 1.11 bits per heavy atom. The second-order valence-electron chi connectivity index (χ2n) is 9.69. The fourth-order valence-electron chi connectivity index (χ4n) is 3.41. The Labute approximate surface area is 165 Å². The summed E-state index contributed by atoms with van der Waals surface area (Å²) >= 11 is 0. The van der Waals surface area contributed by atoms with Gasteiger partial charge in [-0.05, 0) is 62.8 Å². The van der Waals surface area contributed by atoms with Gasteiger partial charge in [0.25, 0.3) is 0 Å². The molecule has 0 bridgehead atoms. The molecule has 0 unspecified atom stereocenters. The van der Waals surface area contributed by atoms with Crippen LogP contribution < -0.4 is 0 Å². The Kier molecular flexibility index (Phi) is 5.04. The third kappa shape index (κ3) is 4.33. The molecule has 3 aromatic carbocycles. The lowest BCUT2D eigenvalue weighted by atomic mass is 9.81. The molecule has 0 aliphatic heterocycles. The average molecular weight is 357 g/mol. The van der Waals surface area contributed by atoms with Crippen LogP contribution in [0.25, 0.3) is 22.3 Å². The van der Waals surface area contributed by atoms with Gasteiger partial charge in [-0.2, -0.15) is 0 Å². The molecule has 0 nitrogen and oxygen atoms in total. The van der Waals surface area contributed by atoms with Gasteiger partial charge in [-0.15, -0.1) is 0 Å². The van der Waals surface area contributed by atoms with Crippen LogP contribution in [0.4, 0.5) is 0 Å². The Morgan fingerprint density at radius 1 is 0.519 bits per heavy atom. The summed E-state index contributed by atoms with van der Waals surface area (Å²) in [5.74, 6) is 0. The summed E-state index contributed by atoms with van der Waals surface area (Å²) in [5, 5.41) is 0. The molecule has 140 valence electrons. The lowest BCUT2D eigenvalue weighted by Gasteiger charge is -2.24. The van der Waals surface area contributed by atoms with E-state index in [-0.39, 0.29) is 10.8 Å². The monoisotopic (exact) mass is 356 g/mol. The first-order valence-corrected chi connectivity index (χ1v) is 9.88. The highest BCUT2D eigenvalue weighted by Crippen LogP contribution is 2.36. The third-order valence-electron chi connectivity index (χ3n) is 5.32. The van der Waals surface area contributed by atoms with Crippen molar-refractivity contribution in [2.75, 3.05) is 0 Å². The van der Waals surface area contributed by atoms with E-state index in [0.717, 1.165) is 0 Å². The second kappa shape index (κ2) is 7.00.